The lowest BCUT2D eigenvalue weighted by molar-refractivity contribution is -0.140. The first-order valence-electron chi connectivity index (χ1n) is 12.1. The minimum atomic E-state index is -0.756. The van der Waals surface area contributed by atoms with Crippen molar-refractivity contribution in [2.24, 2.45) is 0 Å². The summed E-state index contributed by atoms with van der Waals surface area (Å²) in [7, 11) is 5.47. The summed E-state index contributed by atoms with van der Waals surface area (Å²) >= 11 is 0. The van der Waals surface area contributed by atoms with Gasteiger partial charge < -0.3 is 24.4 Å². The molecule has 0 bridgehead atoms. The van der Waals surface area contributed by atoms with E-state index in [2.05, 4.69) is 0 Å². The van der Waals surface area contributed by atoms with Gasteiger partial charge in [-0.1, -0.05) is 36.4 Å². The van der Waals surface area contributed by atoms with E-state index in [9.17, 15) is 14.7 Å². The summed E-state index contributed by atoms with van der Waals surface area (Å²) in [5.41, 5.74) is 3.02. The molecule has 1 unspecified atom stereocenters. The fourth-order valence-corrected chi connectivity index (χ4v) is 4.42. The summed E-state index contributed by atoms with van der Waals surface area (Å²) in [5, 5.41) is 11.4. The zero-order chi connectivity index (χ0) is 26.7. The summed E-state index contributed by atoms with van der Waals surface area (Å²) in [5.74, 6) is -0.341. The average Bonchev–Trinajstić information content (AvgIpc) is 3.13. The number of ether oxygens (including phenoxy) is 2. The van der Waals surface area contributed by atoms with Crippen molar-refractivity contribution in [1.82, 2.24) is 4.90 Å². The fourth-order valence-electron chi connectivity index (χ4n) is 4.42. The third-order valence-electron chi connectivity index (χ3n) is 6.26. The Balaban J connectivity index is 1.81. The maximum absolute atomic E-state index is 13.4. The van der Waals surface area contributed by atoms with Gasteiger partial charge in [-0.25, -0.2) is 0 Å². The summed E-state index contributed by atoms with van der Waals surface area (Å²) < 4.78 is 11.0. The normalized spacial score (nSPS) is 16.8. The molecule has 192 valence electrons. The van der Waals surface area contributed by atoms with Gasteiger partial charge in [-0.2, -0.15) is 0 Å². The lowest BCUT2D eigenvalue weighted by Gasteiger charge is -2.26. The van der Waals surface area contributed by atoms with E-state index in [-0.39, 0.29) is 24.0 Å². The van der Waals surface area contributed by atoms with Crippen molar-refractivity contribution < 1.29 is 24.2 Å². The van der Waals surface area contributed by atoms with Crippen molar-refractivity contribution in [1.29, 1.82) is 0 Å². The molecule has 0 saturated carbocycles. The molecule has 1 aliphatic rings. The topological polar surface area (TPSA) is 79.3 Å². The van der Waals surface area contributed by atoms with Crippen molar-refractivity contribution >= 4 is 23.1 Å². The lowest BCUT2D eigenvalue weighted by atomic mass is 9.95. The van der Waals surface area contributed by atoms with E-state index >= 15 is 0 Å². The average molecular weight is 501 g/mol. The van der Waals surface area contributed by atoms with Crippen LogP contribution in [0.15, 0.2) is 78.4 Å². The zero-order valence-corrected chi connectivity index (χ0v) is 21.8. The first-order chi connectivity index (χ1) is 17.7. The van der Waals surface area contributed by atoms with E-state index in [4.69, 9.17) is 9.47 Å². The minimum Gasteiger partial charge on any atom is -0.507 e. The maximum Gasteiger partial charge on any atom is 0.295 e. The van der Waals surface area contributed by atoms with Crippen LogP contribution in [0.5, 0.6) is 11.5 Å². The third-order valence-corrected chi connectivity index (χ3v) is 6.26. The molecule has 0 radical (unpaired) electrons. The minimum absolute atomic E-state index is 0.0531. The van der Waals surface area contributed by atoms with Gasteiger partial charge in [0, 0.05) is 31.9 Å². The second-order valence-electron chi connectivity index (χ2n) is 9.46. The van der Waals surface area contributed by atoms with Crippen molar-refractivity contribution in [3.8, 4) is 11.5 Å². The Kier molecular flexibility index (Phi) is 7.53. The second-order valence-corrected chi connectivity index (χ2v) is 9.46. The van der Waals surface area contributed by atoms with Crippen LogP contribution in [0.4, 0.5) is 5.69 Å². The molecular weight excluding hydrogens is 468 g/mol. The number of nitrogens with zero attached hydrogens (tertiary/aromatic N) is 2. The highest BCUT2D eigenvalue weighted by Gasteiger charge is 2.46. The van der Waals surface area contributed by atoms with Crippen LogP contribution in [0.25, 0.3) is 5.76 Å². The number of carbonyl (C=O) groups is 2. The van der Waals surface area contributed by atoms with Gasteiger partial charge >= 0.3 is 0 Å². The van der Waals surface area contributed by atoms with Crippen LogP contribution in [-0.2, 0) is 16.1 Å². The smallest absolute Gasteiger partial charge is 0.295 e. The SMILES string of the molecule is COc1ccc(CN2C(=O)C(=O)/C(=C(\O)c3cccc(OC(C)C)c3)C2c2ccc(N(C)C)cc2)cc1. The summed E-state index contributed by atoms with van der Waals surface area (Å²) in [6, 6.07) is 21.1. The van der Waals surface area contributed by atoms with Gasteiger partial charge in [0.2, 0.25) is 0 Å². The first-order valence-corrected chi connectivity index (χ1v) is 12.1. The van der Waals surface area contributed by atoms with Crippen LogP contribution in [-0.4, -0.2) is 49.0 Å². The van der Waals surface area contributed by atoms with Crippen LogP contribution in [0.2, 0.25) is 0 Å². The zero-order valence-electron chi connectivity index (χ0n) is 21.8. The number of rotatable bonds is 8. The van der Waals surface area contributed by atoms with E-state index in [0.29, 0.717) is 17.1 Å². The van der Waals surface area contributed by atoms with Crippen molar-refractivity contribution in [3.63, 3.8) is 0 Å². The predicted octanol–water partition coefficient (Wildman–Crippen LogP) is 5.17. The molecule has 0 spiro atoms. The molecule has 3 aromatic carbocycles. The summed E-state index contributed by atoms with van der Waals surface area (Å²) in [4.78, 5) is 30.2. The van der Waals surface area contributed by atoms with Crippen LogP contribution in [0, 0.1) is 0 Å². The number of ketones is 1. The fraction of sp³-hybridized carbons (Fsp3) is 0.267. The summed E-state index contributed by atoms with van der Waals surface area (Å²) in [6.45, 7) is 4.02. The molecule has 7 heteroatoms. The lowest BCUT2D eigenvalue weighted by Crippen LogP contribution is -2.29. The predicted molar refractivity (Wildman–Crippen MR) is 144 cm³/mol. The molecule has 37 heavy (non-hydrogen) atoms. The number of anilines is 1. The van der Waals surface area contributed by atoms with Crippen LogP contribution < -0.4 is 14.4 Å². The van der Waals surface area contributed by atoms with Gasteiger partial charge in [-0.15, -0.1) is 0 Å². The highest BCUT2D eigenvalue weighted by molar-refractivity contribution is 6.46. The van der Waals surface area contributed by atoms with Crippen LogP contribution in [0.1, 0.15) is 36.6 Å². The number of benzene rings is 3. The Morgan fingerprint density at radius 1 is 0.973 bits per heavy atom. The van der Waals surface area contributed by atoms with E-state index in [1.807, 2.05) is 81.4 Å². The Hall–Kier alpha value is -4.26. The molecule has 1 amide bonds. The quantitative estimate of drug-likeness (QED) is 0.261. The van der Waals surface area contributed by atoms with Crippen molar-refractivity contribution in [2.45, 2.75) is 32.5 Å². The van der Waals surface area contributed by atoms with Crippen LogP contribution in [0.3, 0.4) is 0 Å². The highest BCUT2D eigenvalue weighted by atomic mass is 16.5. The van der Waals surface area contributed by atoms with Gasteiger partial charge in [0.1, 0.15) is 17.3 Å². The van der Waals surface area contributed by atoms with E-state index in [1.54, 1.807) is 31.4 Å². The number of aliphatic hydroxyl groups is 1. The number of hydrogen-bond donors (Lipinski definition) is 1. The monoisotopic (exact) mass is 500 g/mol. The molecule has 4 rings (SSSR count). The molecule has 7 nitrogen and oxygen atoms in total. The third kappa shape index (κ3) is 5.45. The van der Waals surface area contributed by atoms with Gasteiger partial charge in [0.25, 0.3) is 11.7 Å². The molecule has 1 heterocycles. The Labute approximate surface area is 217 Å². The maximum atomic E-state index is 13.4. The molecule has 1 N–H and O–H groups in total. The molecule has 1 atom stereocenters. The molecule has 3 aromatic rings. The van der Waals surface area contributed by atoms with Crippen molar-refractivity contribution in [2.75, 3.05) is 26.1 Å². The van der Waals surface area contributed by atoms with Crippen LogP contribution >= 0.6 is 0 Å². The standard InChI is InChI=1S/C30H32N2O5/c1-19(2)37-25-8-6-7-22(17-25)28(33)26-27(21-11-13-23(14-12-21)31(3)4)32(30(35)29(26)34)18-20-9-15-24(36-5)16-10-20/h6-17,19,27,33H,18H2,1-5H3/b28-26-. The number of amides is 1. The molecule has 1 aliphatic heterocycles. The van der Waals surface area contributed by atoms with E-state index < -0.39 is 17.7 Å². The van der Waals surface area contributed by atoms with Gasteiger partial charge in [-0.05, 0) is 61.4 Å². The van der Waals surface area contributed by atoms with Gasteiger partial charge in [0.05, 0.1) is 24.8 Å². The van der Waals surface area contributed by atoms with E-state index in [1.165, 1.54) is 4.90 Å². The van der Waals surface area contributed by atoms with Crippen molar-refractivity contribution in [3.05, 3.63) is 95.1 Å². The van der Waals surface area contributed by atoms with Gasteiger partial charge in [0.15, 0.2) is 0 Å². The first kappa shape index (κ1) is 25.8. The number of carbonyl (C=O) groups excluding carboxylic acids is 2. The largest absolute Gasteiger partial charge is 0.507 e. The van der Waals surface area contributed by atoms with E-state index in [0.717, 1.165) is 16.8 Å². The second kappa shape index (κ2) is 10.8. The number of hydrogen-bond acceptors (Lipinski definition) is 6. The molecule has 1 saturated heterocycles. The molecule has 0 aromatic heterocycles. The molecule has 1 fully saturated rings. The highest BCUT2D eigenvalue weighted by Crippen LogP contribution is 2.41. The molecular formula is C30H32N2O5. The number of methoxy groups -OCH3 is 1. The summed E-state index contributed by atoms with van der Waals surface area (Å²) in [6.07, 6.45) is -0.0531. The Bertz CT molecular complexity index is 1310. The Morgan fingerprint density at radius 3 is 2.24 bits per heavy atom. The molecule has 0 aliphatic carbocycles. The number of Topliss-reactive ketones (excluding diaryl/α,β-unsaturated/α-hetero) is 1. The number of aliphatic hydroxyl groups excluding tert-OH is 1. The van der Waals surface area contributed by atoms with Gasteiger partial charge in [-0.3, -0.25) is 9.59 Å². The Morgan fingerprint density at radius 2 is 1.65 bits per heavy atom. The number of likely N-dealkylation sites (tertiary alicyclic amines) is 1.